The van der Waals surface area contributed by atoms with Gasteiger partial charge in [0, 0.05) is 33.4 Å². The largest absolute Gasteiger partial charge is 0.310 e. The predicted octanol–water partition coefficient (Wildman–Crippen LogP) is 18.6. The lowest BCUT2D eigenvalue weighted by atomic mass is 9.70. The summed E-state index contributed by atoms with van der Waals surface area (Å²) >= 11 is 0. The van der Waals surface area contributed by atoms with Crippen LogP contribution in [-0.2, 0) is 5.41 Å². The molecule has 12 aromatic carbocycles. The first-order valence-corrected chi connectivity index (χ1v) is 25.4. The summed E-state index contributed by atoms with van der Waals surface area (Å²) in [5.41, 5.74) is 25.3. The Hall–Kier alpha value is -9.50. The second-order valence-corrected chi connectivity index (χ2v) is 19.9. The highest BCUT2D eigenvalue weighted by Gasteiger charge is 2.52. The lowest BCUT2D eigenvalue weighted by molar-refractivity contribution is 0.794. The van der Waals surface area contributed by atoms with Crippen molar-refractivity contribution in [3.63, 3.8) is 0 Å². The number of rotatable bonds is 5. The first kappa shape index (κ1) is 40.3. The maximum Gasteiger partial charge on any atom is 0.0726 e. The van der Waals surface area contributed by atoms with E-state index in [0.29, 0.717) is 0 Å². The van der Waals surface area contributed by atoms with Gasteiger partial charge in [-0.3, -0.25) is 0 Å². The number of nitrogens with zero attached hydrogens (tertiary/aromatic N) is 2. The Kier molecular flexibility index (Phi) is 8.28. The quantitative estimate of drug-likeness (QED) is 0.156. The van der Waals surface area contributed by atoms with Crippen LogP contribution in [-0.4, -0.2) is 4.57 Å². The molecule has 73 heavy (non-hydrogen) atoms. The smallest absolute Gasteiger partial charge is 0.0726 e. The Balaban J connectivity index is 0.902. The summed E-state index contributed by atoms with van der Waals surface area (Å²) in [6.07, 6.45) is 0. The van der Waals surface area contributed by atoms with Crippen molar-refractivity contribution in [1.29, 1.82) is 0 Å². The highest BCUT2D eigenvalue weighted by Crippen LogP contribution is 2.65. The summed E-state index contributed by atoms with van der Waals surface area (Å²) in [5, 5.41) is 7.50. The maximum atomic E-state index is 4.71. The average Bonchev–Trinajstić information content (AvgIpc) is 4.18. The third kappa shape index (κ3) is 5.36. The van der Waals surface area contributed by atoms with Crippen molar-refractivity contribution in [1.82, 2.24) is 4.57 Å². The standard InChI is InChI=1S/C71H44N2/c1-44-50-38-35-45(42-60(50)69-57-28-11-9-24-52(57)51-23-8-10-27-56(51)68(44)69)46-36-40-65-59(41-46)55-39-37-49(43-67(55)73(65)48-21-6-3-7-22-48)72(47-19-4-2-5-20-47)66-34-18-33-64-70(66)58-29-14-17-32-63(58)71(64)61-30-15-12-25-53(61)54-26-13-16-31-62(54)71/h2-43H,1H2. The molecule has 2 nitrogen and oxygen atoms in total. The molecule has 0 N–H and O–H groups in total. The molecule has 0 aliphatic heterocycles. The van der Waals surface area contributed by atoms with Gasteiger partial charge in [-0.2, -0.15) is 0 Å². The predicted molar refractivity (Wildman–Crippen MR) is 306 cm³/mol. The van der Waals surface area contributed by atoms with Gasteiger partial charge in [-0.15, -0.1) is 0 Å². The Bertz CT molecular complexity index is 4470. The van der Waals surface area contributed by atoms with Crippen molar-refractivity contribution >= 4 is 66.0 Å². The van der Waals surface area contributed by atoms with E-state index in [1.54, 1.807) is 0 Å². The zero-order chi connectivity index (χ0) is 47.9. The minimum Gasteiger partial charge on any atom is -0.310 e. The van der Waals surface area contributed by atoms with Gasteiger partial charge in [-0.05, 0) is 160 Å². The molecule has 16 rings (SSSR count). The first-order valence-electron chi connectivity index (χ1n) is 25.4. The molecule has 2 heteroatoms. The highest BCUT2D eigenvalue weighted by molar-refractivity contribution is 6.24. The van der Waals surface area contributed by atoms with Crippen LogP contribution in [0.4, 0.5) is 17.1 Å². The third-order valence-corrected chi connectivity index (χ3v) is 16.5. The van der Waals surface area contributed by atoms with Crippen LogP contribution in [0.2, 0.25) is 0 Å². The van der Waals surface area contributed by atoms with Crippen LogP contribution in [0.3, 0.4) is 0 Å². The third-order valence-electron chi connectivity index (χ3n) is 16.5. The number of benzene rings is 12. The fourth-order valence-corrected chi connectivity index (χ4v) is 13.6. The second-order valence-electron chi connectivity index (χ2n) is 19.9. The lowest BCUT2D eigenvalue weighted by Crippen LogP contribution is -2.26. The number of hydrogen-bond acceptors (Lipinski definition) is 1. The molecular formula is C71H44N2. The number of para-hydroxylation sites is 2. The van der Waals surface area contributed by atoms with E-state index < -0.39 is 5.41 Å². The molecule has 1 spiro atoms. The van der Waals surface area contributed by atoms with Crippen molar-refractivity contribution in [2.75, 3.05) is 4.90 Å². The number of anilines is 3. The van der Waals surface area contributed by atoms with Gasteiger partial charge in [-0.1, -0.05) is 201 Å². The summed E-state index contributed by atoms with van der Waals surface area (Å²) in [4.78, 5) is 2.49. The molecule has 0 radical (unpaired) electrons. The van der Waals surface area contributed by atoms with Gasteiger partial charge >= 0.3 is 0 Å². The van der Waals surface area contributed by atoms with E-state index in [1.807, 2.05) is 0 Å². The number of hydrogen-bond donors (Lipinski definition) is 0. The first-order chi connectivity index (χ1) is 36.2. The zero-order valence-electron chi connectivity index (χ0n) is 39.9. The van der Waals surface area contributed by atoms with Crippen molar-refractivity contribution in [3.8, 4) is 50.2 Å². The van der Waals surface area contributed by atoms with Crippen LogP contribution in [0, 0.1) is 0 Å². The van der Waals surface area contributed by atoms with Gasteiger partial charge in [-0.25, -0.2) is 0 Å². The Morgan fingerprint density at radius 3 is 1.59 bits per heavy atom. The molecule has 1 heterocycles. The van der Waals surface area contributed by atoms with E-state index >= 15 is 0 Å². The molecule has 338 valence electrons. The summed E-state index contributed by atoms with van der Waals surface area (Å²) < 4.78 is 2.45. The fourth-order valence-electron chi connectivity index (χ4n) is 13.6. The lowest BCUT2D eigenvalue weighted by Gasteiger charge is -2.31. The normalized spacial score (nSPS) is 13.3. The van der Waals surface area contributed by atoms with Gasteiger partial charge < -0.3 is 9.47 Å². The molecule has 0 saturated heterocycles. The van der Waals surface area contributed by atoms with E-state index in [0.717, 1.165) is 33.8 Å². The van der Waals surface area contributed by atoms with Gasteiger partial charge in [0.05, 0.1) is 22.1 Å². The molecule has 13 aromatic rings. The molecular weight excluding hydrogens is 881 g/mol. The molecule has 0 atom stereocenters. The summed E-state index contributed by atoms with van der Waals surface area (Å²) in [6.45, 7) is 4.71. The van der Waals surface area contributed by atoms with Crippen molar-refractivity contribution in [3.05, 3.63) is 295 Å². The SMILES string of the molecule is C=C1c2ccc(-c3ccc4c(c3)c3ccc(N(c5ccccc5)c5cccc6c5-c5ccccc5C65c6ccccc6-c6ccccc65)cc3n4-c3ccccc3)cc2-c2c1c1ccccc1c1ccccc21. The van der Waals surface area contributed by atoms with Crippen molar-refractivity contribution in [2.45, 2.75) is 5.41 Å². The molecule has 3 aliphatic rings. The minimum atomic E-state index is -0.447. The maximum absolute atomic E-state index is 4.71. The van der Waals surface area contributed by atoms with Crippen LogP contribution in [0.5, 0.6) is 0 Å². The Morgan fingerprint density at radius 1 is 0.315 bits per heavy atom. The fraction of sp³-hybridized carbons (Fsp3) is 0.0141. The van der Waals surface area contributed by atoms with Gasteiger partial charge in [0.2, 0.25) is 0 Å². The van der Waals surface area contributed by atoms with E-state index in [-0.39, 0.29) is 0 Å². The van der Waals surface area contributed by atoms with E-state index in [2.05, 4.69) is 264 Å². The monoisotopic (exact) mass is 924 g/mol. The second kappa shape index (κ2) is 15.0. The van der Waals surface area contributed by atoms with Crippen LogP contribution in [0.1, 0.15) is 33.4 Å². The van der Waals surface area contributed by atoms with Crippen molar-refractivity contribution < 1.29 is 0 Å². The summed E-state index contributed by atoms with van der Waals surface area (Å²) in [5.74, 6) is 0. The van der Waals surface area contributed by atoms with Gasteiger partial charge in [0.15, 0.2) is 0 Å². The average molecular weight is 925 g/mol. The van der Waals surface area contributed by atoms with Crippen LogP contribution < -0.4 is 4.90 Å². The molecule has 0 bridgehead atoms. The molecule has 0 fully saturated rings. The van der Waals surface area contributed by atoms with Crippen molar-refractivity contribution in [2.24, 2.45) is 0 Å². The molecule has 0 unspecified atom stereocenters. The Labute approximate surface area is 423 Å². The zero-order valence-corrected chi connectivity index (χ0v) is 39.9. The van der Waals surface area contributed by atoms with E-state index in [1.165, 1.54) is 116 Å². The van der Waals surface area contributed by atoms with E-state index in [4.69, 9.17) is 6.58 Å². The van der Waals surface area contributed by atoms with Crippen LogP contribution >= 0.6 is 0 Å². The van der Waals surface area contributed by atoms with Gasteiger partial charge in [0.25, 0.3) is 0 Å². The molecule has 0 saturated carbocycles. The van der Waals surface area contributed by atoms with Crippen LogP contribution in [0.15, 0.2) is 261 Å². The molecule has 0 amide bonds. The highest BCUT2D eigenvalue weighted by atomic mass is 15.1. The molecule has 1 aromatic heterocycles. The topological polar surface area (TPSA) is 8.17 Å². The summed E-state index contributed by atoms with van der Waals surface area (Å²) in [7, 11) is 0. The van der Waals surface area contributed by atoms with Crippen LogP contribution in [0.25, 0.3) is 99.1 Å². The minimum absolute atomic E-state index is 0.447. The summed E-state index contributed by atoms with van der Waals surface area (Å²) in [6, 6.07) is 94.8. The Morgan fingerprint density at radius 2 is 0.877 bits per heavy atom. The number of fused-ring (bicyclic) bond motifs is 21. The van der Waals surface area contributed by atoms with Gasteiger partial charge in [0.1, 0.15) is 0 Å². The number of aromatic nitrogens is 1. The van der Waals surface area contributed by atoms with E-state index in [9.17, 15) is 0 Å². The molecule has 3 aliphatic carbocycles.